The van der Waals surface area contributed by atoms with Crippen molar-refractivity contribution in [1.29, 1.82) is 0 Å². The average Bonchev–Trinajstić information content (AvgIpc) is 3.04. The fraction of sp³-hybridized carbons (Fsp3) is 0.500. The number of rotatable bonds is 3. The molecule has 5 rings (SSSR count). The number of hydrogen-bond donors (Lipinski definition) is 3. The molecule has 30 heavy (non-hydrogen) atoms. The zero-order valence-corrected chi connectivity index (χ0v) is 17.0. The number of carbonyl (C=O) groups excluding carboxylic acids is 1. The number of nitrogens with two attached hydrogens (primary N) is 1. The summed E-state index contributed by atoms with van der Waals surface area (Å²) >= 11 is 0. The zero-order valence-electron chi connectivity index (χ0n) is 17.0. The lowest BCUT2D eigenvalue weighted by Gasteiger charge is -2.44. The largest absolute Gasteiger partial charge is 0.507 e. The first-order valence-corrected chi connectivity index (χ1v) is 10.8. The van der Waals surface area contributed by atoms with E-state index in [-0.39, 0.29) is 23.8 Å². The summed E-state index contributed by atoms with van der Waals surface area (Å²) in [5.41, 5.74) is 8.25. The number of carbonyl (C=O) groups is 1. The molecular formula is C22H28N6O2. The summed E-state index contributed by atoms with van der Waals surface area (Å²) in [6.07, 6.45) is 3.93. The number of phenols is 1. The number of piperazine rings is 1. The van der Waals surface area contributed by atoms with Gasteiger partial charge >= 0.3 is 0 Å². The molecule has 3 fully saturated rings. The van der Waals surface area contributed by atoms with Gasteiger partial charge in [-0.25, -0.2) is 0 Å². The van der Waals surface area contributed by atoms with Crippen molar-refractivity contribution in [1.82, 2.24) is 20.4 Å². The van der Waals surface area contributed by atoms with Crippen molar-refractivity contribution >= 4 is 17.4 Å². The Morgan fingerprint density at radius 2 is 1.77 bits per heavy atom. The fourth-order valence-electron chi connectivity index (χ4n) is 5.21. The lowest BCUT2D eigenvalue weighted by atomic mass is 9.95. The predicted molar refractivity (Wildman–Crippen MR) is 115 cm³/mol. The van der Waals surface area contributed by atoms with E-state index in [0.717, 1.165) is 57.5 Å². The predicted octanol–water partition coefficient (Wildman–Crippen LogP) is 1.61. The van der Waals surface area contributed by atoms with Crippen LogP contribution >= 0.6 is 0 Å². The minimum atomic E-state index is 0.154. The molecular weight excluding hydrogens is 380 g/mol. The normalized spacial score (nSPS) is 24.3. The topological polar surface area (TPSA) is 108 Å². The van der Waals surface area contributed by atoms with E-state index in [1.54, 1.807) is 12.1 Å². The van der Waals surface area contributed by atoms with Gasteiger partial charge in [0, 0.05) is 36.7 Å². The Labute approximate surface area is 176 Å². The molecule has 3 aliphatic heterocycles. The van der Waals surface area contributed by atoms with Crippen LogP contribution in [-0.4, -0.2) is 64.4 Å². The van der Waals surface area contributed by atoms with E-state index in [0.29, 0.717) is 23.0 Å². The molecule has 3 aliphatic rings. The van der Waals surface area contributed by atoms with Gasteiger partial charge in [0.05, 0.1) is 11.4 Å². The highest BCUT2D eigenvalue weighted by Gasteiger charge is 2.44. The summed E-state index contributed by atoms with van der Waals surface area (Å²) in [6.45, 7) is 3.37. The number of piperidine rings is 1. The first-order valence-electron chi connectivity index (χ1n) is 10.8. The molecule has 8 heteroatoms. The van der Waals surface area contributed by atoms with E-state index in [2.05, 4.69) is 25.3 Å². The first kappa shape index (κ1) is 19.1. The SMILES string of the molecule is Nc1nnc(-c2ccccc2O)cc1N1CC2CCC(C1)N2C(=O)C1CCNCC1. The van der Waals surface area contributed by atoms with Gasteiger partial charge < -0.3 is 26.0 Å². The quantitative estimate of drug-likeness (QED) is 0.708. The van der Waals surface area contributed by atoms with E-state index in [1.807, 2.05) is 18.2 Å². The van der Waals surface area contributed by atoms with Gasteiger partial charge in [-0.2, -0.15) is 0 Å². The highest BCUT2D eigenvalue weighted by Crippen LogP contribution is 2.37. The van der Waals surface area contributed by atoms with Gasteiger partial charge in [0.1, 0.15) is 5.75 Å². The number of aromatic nitrogens is 2. The zero-order chi connectivity index (χ0) is 20.7. The van der Waals surface area contributed by atoms with Gasteiger partial charge in [-0.05, 0) is 57.0 Å². The average molecular weight is 409 g/mol. The number of amides is 1. The fourth-order valence-corrected chi connectivity index (χ4v) is 5.21. The number of hydrogen-bond acceptors (Lipinski definition) is 7. The molecule has 1 aromatic heterocycles. The maximum Gasteiger partial charge on any atom is 0.226 e. The highest BCUT2D eigenvalue weighted by molar-refractivity contribution is 5.81. The Kier molecular flexibility index (Phi) is 4.94. The summed E-state index contributed by atoms with van der Waals surface area (Å²) in [6, 6.07) is 9.43. The standard InChI is InChI=1S/C22H28N6O2/c23-21-19(11-18(25-26-21)17-3-1-2-4-20(17)29)27-12-15-5-6-16(13-27)28(15)22(30)14-7-9-24-10-8-14/h1-4,11,14-16,24,29H,5-10,12-13H2,(H2,23,26). The summed E-state index contributed by atoms with van der Waals surface area (Å²) in [5.74, 6) is 1.03. The van der Waals surface area contributed by atoms with Crippen LogP contribution in [-0.2, 0) is 4.79 Å². The Morgan fingerprint density at radius 1 is 1.07 bits per heavy atom. The second kappa shape index (κ2) is 7.75. The molecule has 4 N–H and O–H groups in total. The van der Waals surface area contributed by atoms with Crippen molar-refractivity contribution in [2.24, 2.45) is 5.92 Å². The van der Waals surface area contributed by atoms with Crippen LogP contribution in [0.5, 0.6) is 5.75 Å². The molecule has 4 heterocycles. The Bertz CT molecular complexity index is 931. The number of anilines is 2. The molecule has 3 saturated heterocycles. The molecule has 0 saturated carbocycles. The number of nitrogens with one attached hydrogen (secondary N) is 1. The Hall–Kier alpha value is -2.87. The van der Waals surface area contributed by atoms with Crippen LogP contribution in [0, 0.1) is 5.92 Å². The van der Waals surface area contributed by atoms with Crippen LogP contribution in [0.15, 0.2) is 30.3 Å². The van der Waals surface area contributed by atoms with E-state index < -0.39 is 0 Å². The third-order valence-corrected chi connectivity index (χ3v) is 6.75. The molecule has 8 nitrogen and oxygen atoms in total. The highest BCUT2D eigenvalue weighted by atomic mass is 16.3. The lowest BCUT2D eigenvalue weighted by Crippen LogP contribution is -2.58. The van der Waals surface area contributed by atoms with Gasteiger partial charge in [0.15, 0.2) is 5.82 Å². The van der Waals surface area contributed by atoms with Gasteiger partial charge in [0.25, 0.3) is 0 Å². The van der Waals surface area contributed by atoms with Crippen molar-refractivity contribution in [2.45, 2.75) is 37.8 Å². The third-order valence-electron chi connectivity index (χ3n) is 6.75. The maximum atomic E-state index is 13.2. The van der Waals surface area contributed by atoms with Crippen LogP contribution in [0.2, 0.25) is 0 Å². The molecule has 2 bridgehead atoms. The van der Waals surface area contributed by atoms with Crippen LogP contribution in [0.25, 0.3) is 11.3 Å². The van der Waals surface area contributed by atoms with Crippen molar-refractivity contribution in [3.05, 3.63) is 30.3 Å². The van der Waals surface area contributed by atoms with Crippen LogP contribution in [0.3, 0.4) is 0 Å². The number of nitrogens with zero attached hydrogens (tertiary/aromatic N) is 4. The van der Waals surface area contributed by atoms with Gasteiger partial charge in [-0.15, -0.1) is 10.2 Å². The molecule has 1 aromatic carbocycles. The number of nitrogen functional groups attached to an aromatic ring is 1. The summed E-state index contributed by atoms with van der Waals surface area (Å²) < 4.78 is 0. The first-order chi connectivity index (χ1) is 14.6. The molecule has 2 atom stereocenters. The number of para-hydroxylation sites is 1. The second-order valence-electron chi connectivity index (χ2n) is 8.58. The lowest BCUT2D eigenvalue weighted by molar-refractivity contribution is -0.139. The minimum absolute atomic E-state index is 0.154. The molecule has 2 unspecified atom stereocenters. The van der Waals surface area contributed by atoms with Crippen molar-refractivity contribution in [3.8, 4) is 17.0 Å². The van der Waals surface area contributed by atoms with Crippen LogP contribution in [0.4, 0.5) is 11.5 Å². The van der Waals surface area contributed by atoms with E-state index >= 15 is 0 Å². The summed E-state index contributed by atoms with van der Waals surface area (Å²) in [7, 11) is 0. The molecule has 2 aromatic rings. The molecule has 0 spiro atoms. The van der Waals surface area contributed by atoms with Crippen molar-refractivity contribution in [2.75, 3.05) is 36.8 Å². The van der Waals surface area contributed by atoms with E-state index in [9.17, 15) is 9.90 Å². The maximum absolute atomic E-state index is 13.2. The third kappa shape index (κ3) is 3.35. The summed E-state index contributed by atoms with van der Waals surface area (Å²) in [5, 5.41) is 21.9. The van der Waals surface area contributed by atoms with Gasteiger partial charge in [-0.3, -0.25) is 4.79 Å². The Balaban J connectivity index is 1.38. The second-order valence-corrected chi connectivity index (χ2v) is 8.58. The molecule has 0 radical (unpaired) electrons. The number of phenolic OH excluding ortho intramolecular Hbond substituents is 1. The van der Waals surface area contributed by atoms with E-state index in [1.165, 1.54) is 0 Å². The van der Waals surface area contributed by atoms with Gasteiger partial charge in [-0.1, -0.05) is 12.1 Å². The summed E-state index contributed by atoms with van der Waals surface area (Å²) in [4.78, 5) is 17.6. The number of fused-ring (bicyclic) bond motifs is 2. The molecule has 158 valence electrons. The minimum Gasteiger partial charge on any atom is -0.507 e. The Morgan fingerprint density at radius 3 is 2.47 bits per heavy atom. The number of aromatic hydroxyl groups is 1. The molecule has 0 aliphatic carbocycles. The van der Waals surface area contributed by atoms with E-state index in [4.69, 9.17) is 5.73 Å². The molecule has 1 amide bonds. The van der Waals surface area contributed by atoms with Crippen LogP contribution in [0.1, 0.15) is 25.7 Å². The van der Waals surface area contributed by atoms with Crippen molar-refractivity contribution in [3.63, 3.8) is 0 Å². The smallest absolute Gasteiger partial charge is 0.226 e. The van der Waals surface area contributed by atoms with Gasteiger partial charge in [0.2, 0.25) is 5.91 Å². The van der Waals surface area contributed by atoms with Crippen molar-refractivity contribution < 1.29 is 9.90 Å². The number of benzene rings is 1. The van der Waals surface area contributed by atoms with Crippen LogP contribution < -0.4 is 16.0 Å². The monoisotopic (exact) mass is 408 g/mol.